The second kappa shape index (κ2) is 5.38. The molecule has 0 amide bonds. The number of nitrogens with one attached hydrogen (secondary N) is 2. The normalized spacial score (nSPS) is 11.6. The molecule has 15 heavy (non-hydrogen) atoms. The Morgan fingerprint density at radius 1 is 1.47 bits per heavy atom. The number of nitrogens with zero attached hydrogens (tertiary/aromatic N) is 2. The maximum atomic E-state index is 11.5. The molecule has 86 valence electrons. The lowest BCUT2D eigenvalue weighted by Crippen LogP contribution is -2.26. The van der Waals surface area contributed by atoms with Crippen LogP contribution in [-0.2, 0) is 10.0 Å². The number of hydrogen-bond donors (Lipinski definition) is 2. The summed E-state index contributed by atoms with van der Waals surface area (Å²) in [6.07, 6.45) is 0. The van der Waals surface area contributed by atoms with E-state index in [9.17, 15) is 8.42 Å². The van der Waals surface area contributed by atoms with E-state index < -0.39 is 10.0 Å². The summed E-state index contributed by atoms with van der Waals surface area (Å²) in [7, 11) is -3.30. The standard InChI is InChI=1S/C7H14N4O2S2/c1-3-8-4-5-15(12,13)11-7-9-6(2)10-14-7/h8H,3-5H2,1-2H3,(H,9,10,11). The molecule has 0 fully saturated rings. The molecule has 8 heteroatoms. The fourth-order valence-corrected chi connectivity index (χ4v) is 2.70. The Labute approximate surface area is 93.3 Å². The highest BCUT2D eigenvalue weighted by molar-refractivity contribution is 7.92. The van der Waals surface area contributed by atoms with Crippen LogP contribution in [0.2, 0.25) is 0 Å². The third-order valence-corrected chi connectivity index (χ3v) is 3.66. The van der Waals surface area contributed by atoms with Crippen molar-refractivity contribution in [3.05, 3.63) is 5.82 Å². The van der Waals surface area contributed by atoms with Crippen molar-refractivity contribution in [2.75, 3.05) is 23.6 Å². The second-order valence-electron chi connectivity index (χ2n) is 2.92. The van der Waals surface area contributed by atoms with Crippen LogP contribution < -0.4 is 10.0 Å². The molecule has 0 aliphatic rings. The predicted molar refractivity (Wildman–Crippen MR) is 60.6 cm³/mol. The van der Waals surface area contributed by atoms with Gasteiger partial charge < -0.3 is 5.32 Å². The summed E-state index contributed by atoms with van der Waals surface area (Å²) in [5.74, 6) is 0.615. The van der Waals surface area contributed by atoms with E-state index in [1.54, 1.807) is 6.92 Å². The molecular formula is C7H14N4O2S2. The van der Waals surface area contributed by atoms with Gasteiger partial charge in [-0.3, -0.25) is 4.72 Å². The monoisotopic (exact) mass is 250 g/mol. The van der Waals surface area contributed by atoms with E-state index in [1.807, 2.05) is 6.92 Å². The Balaban J connectivity index is 2.49. The highest BCUT2D eigenvalue weighted by Crippen LogP contribution is 2.11. The van der Waals surface area contributed by atoms with Gasteiger partial charge >= 0.3 is 0 Å². The Morgan fingerprint density at radius 2 is 2.20 bits per heavy atom. The van der Waals surface area contributed by atoms with Crippen LogP contribution in [-0.4, -0.2) is 36.6 Å². The summed E-state index contributed by atoms with van der Waals surface area (Å²) in [5, 5.41) is 3.27. The lowest BCUT2D eigenvalue weighted by atomic mass is 10.7. The molecule has 0 aromatic carbocycles. The van der Waals surface area contributed by atoms with Crippen LogP contribution in [0.5, 0.6) is 0 Å². The maximum absolute atomic E-state index is 11.5. The van der Waals surface area contributed by atoms with E-state index in [4.69, 9.17) is 0 Å². The molecule has 0 bridgehead atoms. The summed E-state index contributed by atoms with van der Waals surface area (Å²) in [5.41, 5.74) is 0. The molecule has 0 saturated carbocycles. The molecule has 1 aromatic heterocycles. The molecular weight excluding hydrogens is 236 g/mol. The van der Waals surface area contributed by atoms with Crippen molar-refractivity contribution in [2.45, 2.75) is 13.8 Å². The lowest BCUT2D eigenvalue weighted by Gasteiger charge is -2.04. The topological polar surface area (TPSA) is 84.0 Å². The quantitative estimate of drug-likeness (QED) is 0.705. The van der Waals surface area contributed by atoms with Gasteiger partial charge in [0.05, 0.1) is 5.75 Å². The number of sulfonamides is 1. The fraction of sp³-hybridized carbons (Fsp3) is 0.714. The first-order valence-electron chi connectivity index (χ1n) is 4.55. The molecule has 0 aliphatic heterocycles. The molecule has 0 atom stereocenters. The van der Waals surface area contributed by atoms with Gasteiger partial charge in [-0.25, -0.2) is 13.4 Å². The van der Waals surface area contributed by atoms with Crippen molar-refractivity contribution >= 4 is 26.7 Å². The maximum Gasteiger partial charge on any atom is 0.235 e. The molecule has 6 nitrogen and oxygen atoms in total. The highest BCUT2D eigenvalue weighted by Gasteiger charge is 2.12. The minimum atomic E-state index is -3.30. The van der Waals surface area contributed by atoms with Crippen molar-refractivity contribution in [1.82, 2.24) is 14.7 Å². The zero-order valence-corrected chi connectivity index (χ0v) is 10.3. The van der Waals surface area contributed by atoms with E-state index in [0.717, 1.165) is 18.1 Å². The molecule has 0 spiro atoms. The van der Waals surface area contributed by atoms with Gasteiger partial charge in [-0.2, -0.15) is 4.37 Å². The first-order valence-corrected chi connectivity index (χ1v) is 6.97. The second-order valence-corrected chi connectivity index (χ2v) is 5.51. The first kappa shape index (κ1) is 12.3. The molecule has 0 aliphatic carbocycles. The average molecular weight is 250 g/mol. The van der Waals surface area contributed by atoms with Crippen molar-refractivity contribution in [2.24, 2.45) is 0 Å². The van der Waals surface area contributed by atoms with Crippen molar-refractivity contribution < 1.29 is 8.42 Å². The number of aryl methyl sites for hydroxylation is 1. The average Bonchev–Trinajstić information content (AvgIpc) is 2.50. The summed E-state index contributed by atoms with van der Waals surface area (Å²) < 4.78 is 29.2. The van der Waals surface area contributed by atoms with Gasteiger partial charge in [0.15, 0.2) is 0 Å². The number of hydrogen-bond acceptors (Lipinski definition) is 6. The Kier molecular flexibility index (Phi) is 4.43. The molecule has 0 radical (unpaired) electrons. The van der Waals surface area contributed by atoms with E-state index in [1.165, 1.54) is 0 Å². The van der Waals surface area contributed by atoms with Crippen LogP contribution in [0.15, 0.2) is 0 Å². The van der Waals surface area contributed by atoms with Gasteiger partial charge in [-0.05, 0) is 13.5 Å². The molecule has 1 rings (SSSR count). The summed E-state index contributed by atoms with van der Waals surface area (Å²) in [6.45, 7) is 4.83. The van der Waals surface area contributed by atoms with Gasteiger partial charge in [0.2, 0.25) is 15.2 Å². The molecule has 0 unspecified atom stereocenters. The minimum Gasteiger partial charge on any atom is -0.316 e. The molecule has 1 aromatic rings. The van der Waals surface area contributed by atoms with Gasteiger partial charge in [-0.1, -0.05) is 6.92 Å². The zero-order chi connectivity index (χ0) is 11.3. The zero-order valence-electron chi connectivity index (χ0n) is 8.65. The van der Waals surface area contributed by atoms with Crippen LogP contribution in [0.3, 0.4) is 0 Å². The van der Waals surface area contributed by atoms with E-state index in [0.29, 0.717) is 17.5 Å². The Hall–Kier alpha value is -0.730. The van der Waals surface area contributed by atoms with Crippen molar-refractivity contribution in [1.29, 1.82) is 0 Å². The van der Waals surface area contributed by atoms with Gasteiger partial charge in [0.1, 0.15) is 5.82 Å². The van der Waals surface area contributed by atoms with E-state index in [-0.39, 0.29) is 5.75 Å². The van der Waals surface area contributed by atoms with Gasteiger partial charge in [-0.15, -0.1) is 0 Å². The largest absolute Gasteiger partial charge is 0.316 e. The van der Waals surface area contributed by atoms with Crippen LogP contribution in [0.25, 0.3) is 0 Å². The Morgan fingerprint density at radius 3 is 2.73 bits per heavy atom. The van der Waals surface area contributed by atoms with E-state index in [2.05, 4.69) is 19.4 Å². The number of aromatic nitrogens is 2. The third-order valence-electron chi connectivity index (χ3n) is 1.57. The smallest absolute Gasteiger partial charge is 0.235 e. The molecule has 2 N–H and O–H groups in total. The SMILES string of the molecule is CCNCCS(=O)(=O)Nc1nc(C)ns1. The van der Waals surface area contributed by atoms with Gasteiger partial charge in [0, 0.05) is 18.1 Å². The van der Waals surface area contributed by atoms with Crippen LogP contribution >= 0.6 is 11.5 Å². The summed E-state index contributed by atoms with van der Waals surface area (Å²) in [4.78, 5) is 3.92. The highest BCUT2D eigenvalue weighted by atomic mass is 32.2. The number of rotatable bonds is 6. The van der Waals surface area contributed by atoms with Crippen molar-refractivity contribution in [3.63, 3.8) is 0 Å². The summed E-state index contributed by atoms with van der Waals surface area (Å²) >= 11 is 1.04. The first-order chi connectivity index (χ1) is 7.03. The molecule has 1 heterocycles. The minimum absolute atomic E-state index is 0.0411. The van der Waals surface area contributed by atoms with Gasteiger partial charge in [0.25, 0.3) is 0 Å². The van der Waals surface area contributed by atoms with Crippen LogP contribution in [0.4, 0.5) is 5.13 Å². The third kappa shape index (κ3) is 4.54. The molecule has 0 saturated heterocycles. The summed E-state index contributed by atoms with van der Waals surface area (Å²) in [6, 6.07) is 0. The van der Waals surface area contributed by atoms with Crippen molar-refractivity contribution in [3.8, 4) is 0 Å². The lowest BCUT2D eigenvalue weighted by molar-refractivity contribution is 0.597. The van der Waals surface area contributed by atoms with Crippen LogP contribution in [0, 0.1) is 6.92 Å². The van der Waals surface area contributed by atoms with Crippen LogP contribution in [0.1, 0.15) is 12.7 Å². The fourth-order valence-electron chi connectivity index (χ4n) is 0.906. The Bertz CT molecular complexity index is 401. The predicted octanol–water partition coefficient (Wildman–Crippen LogP) is 0.198. The van der Waals surface area contributed by atoms with E-state index >= 15 is 0 Å². The number of anilines is 1.